The SMILES string of the molecule is O=C(CN1c2c(-c3ccccc3)n[nH]c2-c2ccccc2S1(=O)=O)N/N=C/c1ccccc1[N+](=O)[O-]. The molecule has 2 N–H and O–H groups in total. The number of benzene rings is 3. The molecule has 0 fully saturated rings. The van der Waals surface area contributed by atoms with E-state index in [0.29, 0.717) is 22.5 Å². The van der Waals surface area contributed by atoms with Crippen LogP contribution < -0.4 is 9.73 Å². The van der Waals surface area contributed by atoms with Gasteiger partial charge in [-0.05, 0) is 12.1 Å². The summed E-state index contributed by atoms with van der Waals surface area (Å²) in [5, 5.41) is 22.2. The van der Waals surface area contributed by atoms with E-state index in [1.54, 1.807) is 48.5 Å². The zero-order chi connectivity index (χ0) is 25.3. The Morgan fingerprint density at radius 3 is 2.53 bits per heavy atom. The number of amides is 1. The summed E-state index contributed by atoms with van der Waals surface area (Å²) in [7, 11) is -4.12. The van der Waals surface area contributed by atoms with Gasteiger partial charge in [0.1, 0.15) is 17.9 Å². The Hall–Kier alpha value is -4.84. The molecule has 36 heavy (non-hydrogen) atoms. The molecule has 0 bridgehead atoms. The van der Waals surface area contributed by atoms with Gasteiger partial charge < -0.3 is 0 Å². The van der Waals surface area contributed by atoms with Crippen LogP contribution >= 0.6 is 0 Å². The summed E-state index contributed by atoms with van der Waals surface area (Å²) in [4.78, 5) is 23.4. The third-order valence-electron chi connectivity index (χ3n) is 5.58. The van der Waals surface area contributed by atoms with Gasteiger partial charge in [-0.2, -0.15) is 10.2 Å². The first-order valence-corrected chi connectivity index (χ1v) is 12.1. The highest BCUT2D eigenvalue weighted by molar-refractivity contribution is 7.93. The van der Waals surface area contributed by atoms with Crippen LogP contribution in [0.5, 0.6) is 0 Å². The average Bonchev–Trinajstić information content (AvgIpc) is 3.32. The van der Waals surface area contributed by atoms with E-state index in [9.17, 15) is 23.3 Å². The first-order valence-electron chi connectivity index (χ1n) is 10.7. The number of aromatic amines is 1. The summed E-state index contributed by atoms with van der Waals surface area (Å²) in [5.41, 5.74) is 4.48. The molecule has 12 heteroatoms. The molecular weight excluding hydrogens is 484 g/mol. The van der Waals surface area contributed by atoms with Crippen molar-refractivity contribution in [3.8, 4) is 22.5 Å². The summed E-state index contributed by atoms with van der Waals surface area (Å²) < 4.78 is 28.2. The number of hydrazone groups is 1. The van der Waals surface area contributed by atoms with Crippen molar-refractivity contribution < 1.29 is 18.1 Å². The van der Waals surface area contributed by atoms with E-state index >= 15 is 0 Å². The van der Waals surface area contributed by atoms with Crippen molar-refractivity contribution in [1.82, 2.24) is 15.6 Å². The number of H-pyrrole nitrogens is 1. The second kappa shape index (κ2) is 9.07. The number of nitrogens with zero attached hydrogens (tertiary/aromatic N) is 4. The third kappa shape index (κ3) is 3.99. The number of carbonyl (C=O) groups excluding carboxylic acids is 1. The molecule has 0 radical (unpaired) electrons. The quantitative estimate of drug-likeness (QED) is 0.235. The number of aromatic nitrogens is 2. The van der Waals surface area contributed by atoms with E-state index in [1.807, 2.05) is 6.07 Å². The number of sulfonamides is 1. The van der Waals surface area contributed by atoms with Gasteiger partial charge in [0, 0.05) is 17.2 Å². The minimum atomic E-state index is -4.12. The molecule has 5 rings (SSSR count). The molecule has 11 nitrogen and oxygen atoms in total. The second-order valence-corrected chi connectivity index (χ2v) is 9.61. The number of hydrogen-bond acceptors (Lipinski definition) is 7. The lowest BCUT2D eigenvalue weighted by Crippen LogP contribution is -2.41. The van der Waals surface area contributed by atoms with Gasteiger partial charge in [-0.1, -0.05) is 60.7 Å². The van der Waals surface area contributed by atoms with E-state index in [1.165, 1.54) is 24.3 Å². The zero-order valence-corrected chi connectivity index (χ0v) is 19.3. The average molecular weight is 503 g/mol. The molecule has 0 saturated heterocycles. The summed E-state index contributed by atoms with van der Waals surface area (Å²) in [6, 6.07) is 21.4. The van der Waals surface area contributed by atoms with Crippen LogP contribution in [0.25, 0.3) is 22.5 Å². The van der Waals surface area contributed by atoms with Crippen LogP contribution in [0.3, 0.4) is 0 Å². The number of carbonyl (C=O) groups is 1. The summed E-state index contributed by atoms with van der Waals surface area (Å²) in [5.74, 6) is -0.737. The molecule has 3 aromatic carbocycles. The first kappa shape index (κ1) is 22.9. The van der Waals surface area contributed by atoms with Gasteiger partial charge in [0.15, 0.2) is 0 Å². The normalized spacial score (nSPS) is 13.7. The van der Waals surface area contributed by atoms with Crippen LogP contribution in [-0.4, -0.2) is 42.2 Å². The summed E-state index contributed by atoms with van der Waals surface area (Å²) >= 11 is 0. The smallest absolute Gasteiger partial charge is 0.275 e. The van der Waals surface area contributed by atoms with Gasteiger partial charge in [-0.15, -0.1) is 0 Å². The van der Waals surface area contributed by atoms with Crippen LogP contribution in [0.1, 0.15) is 5.56 Å². The number of nitro groups is 1. The predicted octanol–water partition coefficient (Wildman–Crippen LogP) is 3.31. The van der Waals surface area contributed by atoms with Crippen molar-refractivity contribution >= 4 is 33.5 Å². The second-order valence-electron chi connectivity index (χ2n) is 7.78. The fourth-order valence-electron chi connectivity index (χ4n) is 3.97. The number of hydrogen-bond donors (Lipinski definition) is 2. The van der Waals surface area contributed by atoms with Gasteiger partial charge in [0.25, 0.3) is 21.6 Å². The lowest BCUT2D eigenvalue weighted by atomic mass is 10.1. The molecule has 1 aromatic heterocycles. The van der Waals surface area contributed by atoms with Gasteiger partial charge in [0.2, 0.25) is 0 Å². The molecule has 1 aliphatic heterocycles. The summed E-state index contributed by atoms with van der Waals surface area (Å²) in [6.45, 7) is -0.586. The number of fused-ring (bicyclic) bond motifs is 3. The highest BCUT2D eigenvalue weighted by Gasteiger charge is 2.39. The highest BCUT2D eigenvalue weighted by Crippen LogP contribution is 2.46. The Labute approximate surface area is 205 Å². The van der Waals surface area contributed by atoms with Crippen molar-refractivity contribution in [1.29, 1.82) is 0 Å². The molecule has 2 heterocycles. The van der Waals surface area contributed by atoms with Gasteiger partial charge in [0.05, 0.1) is 27.3 Å². The van der Waals surface area contributed by atoms with Gasteiger partial charge in [-0.25, -0.2) is 13.8 Å². The summed E-state index contributed by atoms with van der Waals surface area (Å²) in [6.07, 6.45) is 1.13. The number of rotatable bonds is 6. The predicted molar refractivity (Wildman–Crippen MR) is 133 cm³/mol. The van der Waals surface area contributed by atoms with Crippen LogP contribution in [0.15, 0.2) is 88.9 Å². The lowest BCUT2D eigenvalue weighted by molar-refractivity contribution is -0.385. The molecule has 0 spiro atoms. The van der Waals surface area contributed by atoms with Crippen LogP contribution in [-0.2, 0) is 14.8 Å². The molecular formula is C24H18N6O5S. The van der Waals surface area contributed by atoms with E-state index in [0.717, 1.165) is 10.5 Å². The number of para-hydroxylation sites is 1. The Morgan fingerprint density at radius 2 is 1.75 bits per heavy atom. The minimum absolute atomic E-state index is 0.0389. The van der Waals surface area contributed by atoms with Crippen LogP contribution in [0, 0.1) is 10.1 Å². The maximum Gasteiger partial charge on any atom is 0.278 e. The monoisotopic (exact) mass is 502 g/mol. The highest BCUT2D eigenvalue weighted by atomic mass is 32.2. The first-order chi connectivity index (χ1) is 17.4. The standard InChI is InChI=1S/C24H18N6O5S/c31-21(26-25-14-17-10-4-6-12-19(17)30(32)33)15-29-24-22(16-8-2-1-3-9-16)27-28-23(24)18-11-5-7-13-20(18)36(29,34)35/h1-14H,15H2,(H,26,31)(H,27,28)/b25-14+. The lowest BCUT2D eigenvalue weighted by Gasteiger charge is -2.29. The van der Waals surface area contributed by atoms with Crippen molar-refractivity contribution in [3.63, 3.8) is 0 Å². The fraction of sp³-hybridized carbons (Fsp3) is 0.0417. The molecule has 4 aromatic rings. The van der Waals surface area contributed by atoms with Crippen molar-refractivity contribution in [2.45, 2.75) is 4.90 Å². The van der Waals surface area contributed by atoms with Crippen molar-refractivity contribution in [2.24, 2.45) is 5.10 Å². The third-order valence-corrected chi connectivity index (χ3v) is 7.38. The number of anilines is 1. The molecule has 0 atom stereocenters. The Kier molecular flexibility index (Phi) is 5.78. The minimum Gasteiger partial charge on any atom is -0.275 e. The maximum atomic E-state index is 13.6. The molecule has 180 valence electrons. The van der Waals surface area contributed by atoms with E-state index in [2.05, 4.69) is 20.7 Å². The van der Waals surface area contributed by atoms with Gasteiger partial charge >= 0.3 is 0 Å². The molecule has 1 amide bonds. The van der Waals surface area contributed by atoms with E-state index < -0.39 is 27.4 Å². The van der Waals surface area contributed by atoms with Crippen molar-refractivity contribution in [3.05, 3.63) is 94.5 Å². The van der Waals surface area contributed by atoms with E-state index in [4.69, 9.17) is 0 Å². The van der Waals surface area contributed by atoms with E-state index in [-0.39, 0.29) is 21.8 Å². The number of nitrogens with one attached hydrogen (secondary N) is 2. The fourth-order valence-corrected chi connectivity index (χ4v) is 5.61. The number of nitro benzene ring substituents is 1. The Balaban J connectivity index is 1.49. The van der Waals surface area contributed by atoms with Crippen LogP contribution in [0.2, 0.25) is 0 Å². The molecule has 0 unspecified atom stereocenters. The van der Waals surface area contributed by atoms with Crippen molar-refractivity contribution in [2.75, 3.05) is 10.8 Å². The largest absolute Gasteiger partial charge is 0.278 e. The Morgan fingerprint density at radius 1 is 1.06 bits per heavy atom. The zero-order valence-electron chi connectivity index (χ0n) is 18.5. The van der Waals surface area contributed by atoms with Crippen LogP contribution in [0.4, 0.5) is 11.4 Å². The Bertz CT molecular complexity index is 1600. The topological polar surface area (TPSA) is 151 Å². The molecule has 0 aliphatic carbocycles. The molecule has 1 aliphatic rings. The maximum absolute atomic E-state index is 13.6. The van der Waals surface area contributed by atoms with Gasteiger partial charge in [-0.3, -0.25) is 24.3 Å². The molecule has 0 saturated carbocycles.